The predicted octanol–water partition coefficient (Wildman–Crippen LogP) is 3.03. The Labute approximate surface area is 139 Å². The molecule has 0 amide bonds. The van der Waals surface area contributed by atoms with Crippen molar-refractivity contribution in [1.82, 2.24) is 10.2 Å². The molecule has 0 aromatic heterocycles. The fourth-order valence-corrected chi connectivity index (χ4v) is 3.28. The molecular weight excluding hydrogens is 322 g/mol. The van der Waals surface area contributed by atoms with Crippen molar-refractivity contribution in [2.75, 3.05) is 13.1 Å². The zero-order chi connectivity index (χ0) is 16.8. The van der Waals surface area contributed by atoms with Crippen molar-refractivity contribution < 1.29 is 18.7 Å². The molecule has 128 valence electrons. The summed E-state index contributed by atoms with van der Waals surface area (Å²) in [5, 5.41) is 12.3. The molecule has 0 aliphatic heterocycles. The van der Waals surface area contributed by atoms with Gasteiger partial charge in [-0.2, -0.15) is 8.78 Å². The van der Waals surface area contributed by atoms with Gasteiger partial charge in [-0.25, -0.2) is 0 Å². The van der Waals surface area contributed by atoms with E-state index in [1.54, 1.807) is 12.1 Å². The molecule has 2 rings (SSSR count). The number of nitrogens with zero attached hydrogens (tertiary/aromatic N) is 1. The number of alkyl halides is 2. The summed E-state index contributed by atoms with van der Waals surface area (Å²) in [7, 11) is 0. The molecule has 1 aliphatic carbocycles. The van der Waals surface area contributed by atoms with E-state index in [0.717, 1.165) is 24.9 Å². The summed E-state index contributed by atoms with van der Waals surface area (Å²) in [6.45, 7) is 3.51. The molecule has 2 N–H and O–H groups in total. The Hall–Kier alpha value is -1.18. The minimum atomic E-state index is -2.39. The normalized spacial score (nSPS) is 20.7. The van der Waals surface area contributed by atoms with E-state index in [1.165, 1.54) is 0 Å². The minimum absolute atomic E-state index is 0.0944. The van der Waals surface area contributed by atoms with Crippen LogP contribution in [0.5, 0.6) is 0 Å². The van der Waals surface area contributed by atoms with Gasteiger partial charge in [0, 0.05) is 23.5 Å². The number of aliphatic carboxylic acids is 1. The Morgan fingerprint density at radius 1 is 1.39 bits per heavy atom. The van der Waals surface area contributed by atoms with Crippen LogP contribution in [0.15, 0.2) is 29.2 Å². The van der Waals surface area contributed by atoms with Crippen LogP contribution in [-0.4, -0.2) is 46.9 Å². The van der Waals surface area contributed by atoms with E-state index in [4.69, 9.17) is 5.11 Å². The maximum atomic E-state index is 12.2. The first kappa shape index (κ1) is 18.2. The summed E-state index contributed by atoms with van der Waals surface area (Å²) in [5.41, 5.74) is 1.06. The summed E-state index contributed by atoms with van der Waals surface area (Å²) in [6.07, 6.45) is 1.89. The molecule has 1 aromatic carbocycles. The Morgan fingerprint density at radius 2 is 2.04 bits per heavy atom. The maximum Gasteiger partial charge on any atom is 0.317 e. The lowest BCUT2D eigenvalue weighted by Crippen LogP contribution is -2.53. The third-order valence-corrected chi connectivity index (χ3v) is 4.84. The Balaban J connectivity index is 1.71. The molecule has 1 saturated carbocycles. The monoisotopic (exact) mass is 344 g/mol. The van der Waals surface area contributed by atoms with Gasteiger partial charge in [0.1, 0.15) is 0 Å². The highest BCUT2D eigenvalue weighted by Crippen LogP contribution is 2.27. The van der Waals surface area contributed by atoms with Crippen molar-refractivity contribution >= 4 is 17.7 Å². The summed E-state index contributed by atoms with van der Waals surface area (Å²) in [6, 6.07) is 7.86. The van der Waals surface area contributed by atoms with Crippen LogP contribution in [0, 0.1) is 0 Å². The number of nitrogens with one attached hydrogen (secondary N) is 1. The molecule has 7 heteroatoms. The topological polar surface area (TPSA) is 52.6 Å². The van der Waals surface area contributed by atoms with Gasteiger partial charge in [0.2, 0.25) is 0 Å². The molecule has 0 radical (unpaired) electrons. The van der Waals surface area contributed by atoms with E-state index in [1.807, 2.05) is 24.0 Å². The van der Waals surface area contributed by atoms with E-state index < -0.39 is 11.7 Å². The number of carbonyl (C=O) groups is 1. The number of benzene rings is 1. The maximum absolute atomic E-state index is 12.2. The number of carboxylic acids is 1. The van der Waals surface area contributed by atoms with Gasteiger partial charge >= 0.3 is 5.97 Å². The smallest absolute Gasteiger partial charge is 0.317 e. The van der Waals surface area contributed by atoms with E-state index in [0.29, 0.717) is 35.3 Å². The van der Waals surface area contributed by atoms with Crippen molar-refractivity contribution in [3.63, 3.8) is 0 Å². The van der Waals surface area contributed by atoms with Gasteiger partial charge in [-0.3, -0.25) is 9.69 Å². The second-order valence-corrected chi connectivity index (χ2v) is 6.75. The van der Waals surface area contributed by atoms with Crippen LogP contribution in [0.2, 0.25) is 0 Å². The lowest BCUT2D eigenvalue weighted by molar-refractivity contribution is -0.139. The van der Waals surface area contributed by atoms with Gasteiger partial charge in [0.15, 0.2) is 0 Å². The Bertz CT molecular complexity index is 507. The molecule has 0 atom stereocenters. The largest absolute Gasteiger partial charge is 0.480 e. The molecule has 0 saturated heterocycles. The van der Waals surface area contributed by atoms with Crippen molar-refractivity contribution in [1.29, 1.82) is 0 Å². The summed E-state index contributed by atoms with van der Waals surface area (Å²) in [4.78, 5) is 13.3. The van der Waals surface area contributed by atoms with Crippen LogP contribution < -0.4 is 5.32 Å². The fraction of sp³-hybridized carbons (Fsp3) is 0.562. The molecule has 1 aromatic rings. The number of carboxylic acid groups (broad SMARTS) is 1. The zero-order valence-corrected chi connectivity index (χ0v) is 13.9. The van der Waals surface area contributed by atoms with Crippen LogP contribution >= 0.6 is 11.8 Å². The van der Waals surface area contributed by atoms with Crippen LogP contribution in [0.3, 0.4) is 0 Å². The van der Waals surface area contributed by atoms with Crippen LogP contribution in [0.4, 0.5) is 8.78 Å². The van der Waals surface area contributed by atoms with E-state index in [2.05, 4.69) is 5.32 Å². The zero-order valence-electron chi connectivity index (χ0n) is 13.0. The number of likely N-dealkylation sites (N-methyl/N-ethyl adjacent to an activating group) is 1. The molecule has 0 bridgehead atoms. The van der Waals surface area contributed by atoms with Gasteiger partial charge in [-0.1, -0.05) is 30.8 Å². The third-order valence-electron chi connectivity index (χ3n) is 4.12. The number of thioether (sulfide) groups is 1. The number of hydrogen-bond donors (Lipinski definition) is 2. The van der Waals surface area contributed by atoms with Crippen LogP contribution in [-0.2, 0) is 11.3 Å². The van der Waals surface area contributed by atoms with Gasteiger partial charge in [0.05, 0.1) is 6.54 Å². The lowest BCUT2D eigenvalue weighted by atomic mass is 9.85. The van der Waals surface area contributed by atoms with Gasteiger partial charge in [-0.15, -0.1) is 0 Å². The second-order valence-electron chi connectivity index (χ2n) is 5.68. The molecular formula is C16H22F2N2O2S. The molecule has 0 spiro atoms. The first-order valence-electron chi connectivity index (χ1n) is 7.71. The Morgan fingerprint density at radius 3 is 2.57 bits per heavy atom. The molecule has 1 aliphatic rings. The predicted molar refractivity (Wildman–Crippen MR) is 86.8 cm³/mol. The fourth-order valence-electron chi connectivity index (χ4n) is 2.78. The van der Waals surface area contributed by atoms with E-state index in [-0.39, 0.29) is 6.54 Å². The van der Waals surface area contributed by atoms with Crippen molar-refractivity contribution in [3.05, 3.63) is 29.8 Å². The summed E-state index contributed by atoms with van der Waals surface area (Å²) < 4.78 is 24.5. The SMILES string of the molecule is CCN(CC(=O)O)C1CC(NCc2ccc(SC(F)F)cc2)C1. The average molecular weight is 344 g/mol. The molecule has 1 fully saturated rings. The average Bonchev–Trinajstić information content (AvgIpc) is 2.45. The number of rotatable bonds is 9. The van der Waals surface area contributed by atoms with Gasteiger partial charge in [0.25, 0.3) is 5.76 Å². The summed E-state index contributed by atoms with van der Waals surface area (Å²) >= 11 is 0.551. The summed E-state index contributed by atoms with van der Waals surface area (Å²) in [5.74, 6) is -3.18. The number of hydrogen-bond acceptors (Lipinski definition) is 4. The van der Waals surface area contributed by atoms with Crippen molar-refractivity contribution in [2.45, 2.75) is 49.0 Å². The highest BCUT2D eigenvalue weighted by Gasteiger charge is 2.33. The highest BCUT2D eigenvalue weighted by atomic mass is 32.2. The lowest BCUT2D eigenvalue weighted by Gasteiger charge is -2.42. The highest BCUT2D eigenvalue weighted by molar-refractivity contribution is 7.99. The molecule has 0 heterocycles. The standard InChI is InChI=1S/C16H22F2N2O2S/c1-2-20(10-15(21)22)13-7-12(8-13)19-9-11-3-5-14(6-4-11)23-16(17)18/h3-6,12-13,16,19H,2,7-10H2,1H3,(H,21,22). The first-order valence-corrected chi connectivity index (χ1v) is 8.59. The Kier molecular flexibility index (Phi) is 6.80. The van der Waals surface area contributed by atoms with Gasteiger partial charge < -0.3 is 10.4 Å². The van der Waals surface area contributed by atoms with Crippen LogP contribution in [0.25, 0.3) is 0 Å². The van der Waals surface area contributed by atoms with E-state index in [9.17, 15) is 13.6 Å². The minimum Gasteiger partial charge on any atom is -0.480 e. The van der Waals surface area contributed by atoms with Crippen molar-refractivity contribution in [2.24, 2.45) is 0 Å². The first-order chi connectivity index (χ1) is 11.0. The molecule has 4 nitrogen and oxygen atoms in total. The second kappa shape index (κ2) is 8.61. The van der Waals surface area contributed by atoms with Crippen LogP contribution in [0.1, 0.15) is 25.3 Å². The van der Waals surface area contributed by atoms with Crippen molar-refractivity contribution in [3.8, 4) is 0 Å². The third kappa shape index (κ3) is 5.75. The molecule has 23 heavy (non-hydrogen) atoms. The quantitative estimate of drug-likeness (QED) is 0.675. The van der Waals surface area contributed by atoms with Gasteiger partial charge in [-0.05, 0) is 37.1 Å². The number of halogens is 2. The molecule has 0 unspecified atom stereocenters. The van der Waals surface area contributed by atoms with E-state index >= 15 is 0 Å².